The number of rotatable bonds is 6. The molecule has 1 rings (SSSR count). The summed E-state index contributed by atoms with van der Waals surface area (Å²) in [4.78, 5) is 28.4. The van der Waals surface area contributed by atoms with Crippen LogP contribution in [0.4, 0.5) is 0 Å². The van der Waals surface area contributed by atoms with Gasteiger partial charge < -0.3 is 9.64 Å². The summed E-state index contributed by atoms with van der Waals surface area (Å²) in [5.74, 6) is 0.312. The van der Waals surface area contributed by atoms with Crippen LogP contribution in [0.2, 0.25) is 0 Å². The van der Waals surface area contributed by atoms with E-state index in [9.17, 15) is 9.59 Å². The molecule has 7 heteroatoms. The Morgan fingerprint density at radius 3 is 2.72 bits per heavy atom. The quantitative estimate of drug-likeness (QED) is 0.742. The lowest BCUT2D eigenvalue weighted by Crippen LogP contribution is -2.29. The average Bonchev–Trinajstić information content (AvgIpc) is 2.86. The lowest BCUT2D eigenvalue weighted by atomic mass is 10.3. The third-order valence-electron chi connectivity index (χ3n) is 2.51. The highest BCUT2D eigenvalue weighted by atomic mass is 16.5. The van der Waals surface area contributed by atoms with Crippen molar-refractivity contribution in [2.24, 2.45) is 0 Å². The Hall–Kier alpha value is -1.92. The molecule has 0 aromatic carbocycles. The molecule has 0 aliphatic carbocycles. The molecule has 1 aromatic rings. The van der Waals surface area contributed by atoms with E-state index in [-0.39, 0.29) is 17.7 Å². The molecule has 7 nitrogen and oxygen atoms in total. The molecule has 1 N–H and O–H groups in total. The van der Waals surface area contributed by atoms with Crippen LogP contribution in [0.5, 0.6) is 0 Å². The molecule has 0 aliphatic heterocycles. The van der Waals surface area contributed by atoms with Gasteiger partial charge in [-0.15, -0.1) is 5.10 Å². The Morgan fingerprint density at radius 2 is 2.17 bits per heavy atom. The minimum atomic E-state index is -0.276. The lowest BCUT2D eigenvalue weighted by molar-refractivity contribution is -0.140. The minimum absolute atomic E-state index is 0.160. The third-order valence-corrected chi connectivity index (χ3v) is 2.51. The van der Waals surface area contributed by atoms with Crippen molar-refractivity contribution in [2.75, 3.05) is 20.7 Å². The van der Waals surface area contributed by atoms with E-state index in [4.69, 9.17) is 0 Å². The van der Waals surface area contributed by atoms with Crippen molar-refractivity contribution in [3.63, 3.8) is 0 Å². The summed E-state index contributed by atoms with van der Waals surface area (Å²) in [5, 5.41) is 6.54. The van der Waals surface area contributed by atoms with Crippen LogP contribution >= 0.6 is 0 Å². The molecule has 0 bridgehead atoms. The van der Waals surface area contributed by atoms with Gasteiger partial charge in [0.15, 0.2) is 0 Å². The van der Waals surface area contributed by atoms with Crippen LogP contribution in [0, 0.1) is 0 Å². The summed E-state index contributed by atoms with van der Waals surface area (Å²) < 4.78 is 4.52. The maximum atomic E-state index is 11.9. The predicted molar refractivity (Wildman–Crippen MR) is 64.0 cm³/mol. The Labute approximate surface area is 106 Å². The van der Waals surface area contributed by atoms with Gasteiger partial charge in [-0.05, 0) is 6.42 Å². The van der Waals surface area contributed by atoms with E-state index in [1.165, 1.54) is 12.0 Å². The molecule has 0 atom stereocenters. The van der Waals surface area contributed by atoms with E-state index >= 15 is 0 Å². The van der Waals surface area contributed by atoms with Crippen LogP contribution in [0.1, 0.15) is 36.2 Å². The molecule has 0 fully saturated rings. The van der Waals surface area contributed by atoms with Crippen molar-refractivity contribution in [1.29, 1.82) is 0 Å². The number of hydrogen-bond donors (Lipinski definition) is 1. The summed E-state index contributed by atoms with van der Waals surface area (Å²) in [6.07, 6.45) is 1.55. The maximum Gasteiger partial charge on any atom is 0.305 e. The second-order valence-electron chi connectivity index (χ2n) is 3.87. The lowest BCUT2D eigenvalue weighted by Gasteiger charge is -2.14. The Kier molecular flexibility index (Phi) is 5.29. The first-order chi connectivity index (χ1) is 8.58. The normalized spacial score (nSPS) is 10.2. The number of aromatic amines is 1. The number of nitrogens with zero attached hydrogens (tertiary/aromatic N) is 3. The van der Waals surface area contributed by atoms with Crippen molar-refractivity contribution >= 4 is 11.9 Å². The van der Waals surface area contributed by atoms with Crippen molar-refractivity contribution in [3.05, 3.63) is 11.6 Å². The number of hydrogen-bond acceptors (Lipinski definition) is 5. The molecule has 1 amide bonds. The van der Waals surface area contributed by atoms with Crippen LogP contribution in [-0.4, -0.2) is 52.7 Å². The van der Waals surface area contributed by atoms with Gasteiger partial charge in [0.05, 0.1) is 7.11 Å². The molecule has 1 heterocycles. The van der Waals surface area contributed by atoms with Crippen molar-refractivity contribution in [1.82, 2.24) is 20.1 Å². The first-order valence-electron chi connectivity index (χ1n) is 5.82. The van der Waals surface area contributed by atoms with E-state index in [0.717, 1.165) is 0 Å². The van der Waals surface area contributed by atoms with E-state index in [2.05, 4.69) is 19.9 Å². The van der Waals surface area contributed by atoms with Gasteiger partial charge in [-0.25, -0.2) is 4.98 Å². The zero-order chi connectivity index (χ0) is 13.5. The number of nitrogens with one attached hydrogen (secondary N) is 1. The first kappa shape index (κ1) is 14.1. The number of H-pyrrole nitrogens is 1. The highest BCUT2D eigenvalue weighted by Gasteiger charge is 2.16. The number of aryl methyl sites for hydroxylation is 1. The van der Waals surface area contributed by atoms with E-state index < -0.39 is 0 Å². The smallest absolute Gasteiger partial charge is 0.305 e. The second-order valence-corrected chi connectivity index (χ2v) is 3.87. The largest absolute Gasteiger partial charge is 0.469 e. The van der Waals surface area contributed by atoms with Crippen LogP contribution in [0.15, 0.2) is 0 Å². The molecule has 0 spiro atoms. The van der Waals surface area contributed by atoms with Gasteiger partial charge in [0.2, 0.25) is 5.82 Å². The summed E-state index contributed by atoms with van der Waals surface area (Å²) >= 11 is 0. The third kappa shape index (κ3) is 3.83. The van der Waals surface area contributed by atoms with Gasteiger partial charge in [0.1, 0.15) is 5.82 Å². The zero-order valence-electron chi connectivity index (χ0n) is 10.9. The fourth-order valence-corrected chi connectivity index (χ4v) is 1.38. The molecular weight excluding hydrogens is 236 g/mol. The van der Waals surface area contributed by atoms with Gasteiger partial charge in [0.25, 0.3) is 5.91 Å². The number of amides is 1. The summed E-state index contributed by atoms with van der Waals surface area (Å²) in [7, 11) is 3.00. The first-order valence-corrected chi connectivity index (χ1v) is 5.82. The molecule has 0 saturated carbocycles. The van der Waals surface area contributed by atoms with E-state index in [1.807, 2.05) is 6.92 Å². The highest BCUT2D eigenvalue weighted by molar-refractivity contribution is 5.90. The van der Waals surface area contributed by atoms with Crippen LogP contribution in [-0.2, 0) is 16.0 Å². The number of carbonyl (C=O) groups is 2. The summed E-state index contributed by atoms with van der Waals surface area (Å²) in [6.45, 7) is 2.39. The van der Waals surface area contributed by atoms with E-state index in [1.54, 1.807) is 7.05 Å². The number of aromatic nitrogens is 3. The molecular formula is C11H18N4O3. The number of methoxy groups -OCH3 is 1. The Morgan fingerprint density at radius 1 is 1.44 bits per heavy atom. The predicted octanol–water partition coefficient (Wildman–Crippen LogP) is 0.392. The summed E-state index contributed by atoms with van der Waals surface area (Å²) in [5.41, 5.74) is 0. The number of esters is 1. The number of ether oxygens (including phenoxy) is 1. The second kappa shape index (κ2) is 6.73. The number of carbonyl (C=O) groups excluding carboxylic acids is 2. The average molecular weight is 254 g/mol. The van der Waals surface area contributed by atoms with Gasteiger partial charge in [-0.1, -0.05) is 6.92 Å². The summed E-state index contributed by atoms with van der Waals surface area (Å²) in [6, 6.07) is 0. The SMILES string of the molecule is CCc1nc(C(=O)N(C)CCCC(=O)OC)n[nH]1. The Balaban J connectivity index is 2.43. The Bertz CT molecular complexity index is 416. The maximum absolute atomic E-state index is 11.9. The molecule has 18 heavy (non-hydrogen) atoms. The molecule has 0 radical (unpaired) electrons. The molecule has 0 aliphatic rings. The molecule has 0 unspecified atom stereocenters. The highest BCUT2D eigenvalue weighted by Crippen LogP contribution is 2.01. The fraction of sp³-hybridized carbons (Fsp3) is 0.636. The zero-order valence-corrected chi connectivity index (χ0v) is 10.9. The monoisotopic (exact) mass is 254 g/mol. The van der Waals surface area contributed by atoms with Crippen LogP contribution in [0.3, 0.4) is 0 Å². The van der Waals surface area contributed by atoms with Crippen molar-refractivity contribution in [2.45, 2.75) is 26.2 Å². The van der Waals surface area contributed by atoms with Gasteiger partial charge in [-0.3, -0.25) is 14.7 Å². The standard InChI is InChI=1S/C11H18N4O3/c1-4-8-12-10(14-13-8)11(17)15(2)7-5-6-9(16)18-3/h4-7H2,1-3H3,(H,12,13,14). The van der Waals surface area contributed by atoms with Gasteiger partial charge in [-0.2, -0.15) is 0 Å². The van der Waals surface area contributed by atoms with Gasteiger partial charge >= 0.3 is 5.97 Å². The fourth-order valence-electron chi connectivity index (χ4n) is 1.38. The van der Waals surface area contributed by atoms with Crippen LogP contribution in [0.25, 0.3) is 0 Å². The van der Waals surface area contributed by atoms with E-state index in [0.29, 0.717) is 31.6 Å². The minimum Gasteiger partial charge on any atom is -0.469 e. The topological polar surface area (TPSA) is 88.2 Å². The molecule has 100 valence electrons. The van der Waals surface area contributed by atoms with Crippen molar-refractivity contribution < 1.29 is 14.3 Å². The molecule has 1 aromatic heterocycles. The van der Waals surface area contributed by atoms with Crippen molar-refractivity contribution in [3.8, 4) is 0 Å². The molecule has 0 saturated heterocycles. The van der Waals surface area contributed by atoms with Gasteiger partial charge in [0, 0.05) is 26.4 Å². The van der Waals surface area contributed by atoms with Crippen LogP contribution < -0.4 is 0 Å².